The maximum Gasteiger partial charge on any atom is 0.305 e. The lowest BCUT2D eigenvalue weighted by atomic mass is 10.1. The number of rotatable bonds is 5. The molecule has 0 amide bonds. The second-order valence-corrected chi connectivity index (χ2v) is 5.33. The summed E-state index contributed by atoms with van der Waals surface area (Å²) >= 11 is 0. The molecule has 0 aliphatic carbocycles. The first-order chi connectivity index (χ1) is 8.36. The highest BCUT2D eigenvalue weighted by Crippen LogP contribution is 2.18. The monoisotopic (exact) mass is 254 g/mol. The van der Waals surface area contributed by atoms with Crippen molar-refractivity contribution in [3.8, 4) is 5.88 Å². The van der Waals surface area contributed by atoms with Crippen LogP contribution in [-0.2, 0) is 12.8 Å². The molecule has 0 spiro atoms. The van der Waals surface area contributed by atoms with Gasteiger partial charge in [-0.3, -0.25) is 4.79 Å². The van der Waals surface area contributed by atoms with Gasteiger partial charge in [-0.1, -0.05) is 27.7 Å². The van der Waals surface area contributed by atoms with Crippen molar-refractivity contribution in [3.05, 3.63) is 21.7 Å². The van der Waals surface area contributed by atoms with Crippen LogP contribution < -0.4 is 10.3 Å². The average Bonchev–Trinajstić information content (AvgIpc) is 2.27. The summed E-state index contributed by atoms with van der Waals surface area (Å²) in [5.74, 6) is 0.932. The fourth-order valence-corrected chi connectivity index (χ4v) is 1.81. The fourth-order valence-electron chi connectivity index (χ4n) is 1.81. The molecule has 18 heavy (non-hydrogen) atoms. The molecule has 0 bridgehead atoms. The highest BCUT2D eigenvalue weighted by atomic mass is 16.5. The smallest absolute Gasteiger partial charge is 0.305 e. The Kier molecular flexibility index (Phi) is 4.76. The first kappa shape index (κ1) is 14.5. The van der Waals surface area contributed by atoms with Crippen LogP contribution in [0, 0.1) is 11.8 Å². The van der Waals surface area contributed by atoms with Gasteiger partial charge in [-0.25, -0.2) is 4.98 Å². The van der Waals surface area contributed by atoms with E-state index in [9.17, 15) is 10.0 Å². The molecule has 1 heterocycles. The number of hydrogen-bond acceptors (Lipinski definition) is 4. The van der Waals surface area contributed by atoms with E-state index in [1.807, 2.05) is 27.7 Å². The average molecular weight is 254 g/mol. The zero-order valence-corrected chi connectivity index (χ0v) is 11.7. The lowest BCUT2D eigenvalue weighted by Crippen LogP contribution is -2.29. The molecule has 1 N–H and O–H groups in total. The van der Waals surface area contributed by atoms with Gasteiger partial charge in [0.15, 0.2) is 0 Å². The Bertz CT molecular complexity index is 464. The fraction of sp³-hybridized carbons (Fsp3) is 0.692. The Hall–Kier alpha value is -1.52. The predicted molar refractivity (Wildman–Crippen MR) is 69.3 cm³/mol. The molecular weight excluding hydrogens is 232 g/mol. The van der Waals surface area contributed by atoms with Gasteiger partial charge in [0.1, 0.15) is 11.4 Å². The molecule has 1 aromatic rings. The quantitative estimate of drug-likeness (QED) is 0.815. The third-order valence-corrected chi connectivity index (χ3v) is 2.57. The largest absolute Gasteiger partial charge is 0.480 e. The number of methoxy groups -OCH3 is 1. The van der Waals surface area contributed by atoms with E-state index in [1.165, 1.54) is 7.11 Å². The molecule has 0 atom stereocenters. The minimum atomic E-state index is -0.444. The van der Waals surface area contributed by atoms with Crippen molar-refractivity contribution in [3.63, 3.8) is 0 Å². The molecule has 0 unspecified atom stereocenters. The van der Waals surface area contributed by atoms with Gasteiger partial charge >= 0.3 is 5.56 Å². The van der Waals surface area contributed by atoms with E-state index in [2.05, 4.69) is 4.98 Å². The highest BCUT2D eigenvalue weighted by Gasteiger charge is 2.18. The Morgan fingerprint density at radius 3 is 2.22 bits per heavy atom. The maximum absolute atomic E-state index is 12.0. The van der Waals surface area contributed by atoms with Crippen molar-refractivity contribution >= 4 is 0 Å². The van der Waals surface area contributed by atoms with E-state index in [0.29, 0.717) is 46.7 Å². The van der Waals surface area contributed by atoms with Crippen LogP contribution in [0.15, 0.2) is 4.79 Å². The molecule has 102 valence electrons. The van der Waals surface area contributed by atoms with Crippen LogP contribution in [0.2, 0.25) is 0 Å². The number of hydrogen-bond donors (Lipinski definition) is 1. The van der Waals surface area contributed by atoms with Gasteiger partial charge in [0.05, 0.1) is 7.11 Å². The molecule has 1 rings (SSSR count). The normalized spacial score (nSPS) is 11.3. The van der Waals surface area contributed by atoms with Crippen LogP contribution in [0.4, 0.5) is 0 Å². The molecule has 0 aliphatic rings. The van der Waals surface area contributed by atoms with Crippen molar-refractivity contribution in [2.45, 2.75) is 40.5 Å². The molecule has 5 heteroatoms. The second kappa shape index (κ2) is 5.89. The lowest BCUT2D eigenvalue weighted by molar-refractivity contribution is 0.154. The van der Waals surface area contributed by atoms with Crippen LogP contribution in [-0.4, -0.2) is 22.0 Å². The Morgan fingerprint density at radius 1 is 1.22 bits per heavy atom. The topological polar surface area (TPSA) is 64.3 Å². The molecule has 0 fully saturated rings. The summed E-state index contributed by atoms with van der Waals surface area (Å²) in [6.07, 6.45) is 1.07. The van der Waals surface area contributed by atoms with Gasteiger partial charge in [0.25, 0.3) is 0 Å². The van der Waals surface area contributed by atoms with E-state index >= 15 is 0 Å². The molecular formula is C13H22N2O3. The Morgan fingerprint density at radius 2 is 1.78 bits per heavy atom. The second-order valence-electron chi connectivity index (χ2n) is 5.33. The van der Waals surface area contributed by atoms with Crippen molar-refractivity contribution in [1.29, 1.82) is 0 Å². The van der Waals surface area contributed by atoms with Crippen LogP contribution in [0.25, 0.3) is 0 Å². The van der Waals surface area contributed by atoms with Crippen LogP contribution in [0.5, 0.6) is 5.88 Å². The van der Waals surface area contributed by atoms with Crippen LogP contribution in [0.1, 0.15) is 39.1 Å². The van der Waals surface area contributed by atoms with Gasteiger partial charge in [-0.05, 0) is 24.7 Å². The van der Waals surface area contributed by atoms with E-state index in [1.54, 1.807) is 0 Å². The Balaban J connectivity index is 3.30. The highest BCUT2D eigenvalue weighted by molar-refractivity contribution is 5.22. The van der Waals surface area contributed by atoms with Crippen molar-refractivity contribution in [1.82, 2.24) is 9.71 Å². The summed E-state index contributed by atoms with van der Waals surface area (Å²) < 4.78 is 5.86. The van der Waals surface area contributed by atoms with Crippen molar-refractivity contribution in [2.75, 3.05) is 7.11 Å². The summed E-state index contributed by atoms with van der Waals surface area (Å²) in [6.45, 7) is 8.01. The maximum atomic E-state index is 12.0. The summed E-state index contributed by atoms with van der Waals surface area (Å²) in [5, 5.41) is 9.94. The third-order valence-electron chi connectivity index (χ3n) is 2.57. The van der Waals surface area contributed by atoms with E-state index in [0.717, 1.165) is 0 Å². The molecule has 0 saturated carbocycles. The van der Waals surface area contributed by atoms with E-state index in [-0.39, 0.29) is 0 Å². The molecule has 0 aliphatic heterocycles. The first-order valence-corrected chi connectivity index (χ1v) is 6.24. The lowest BCUT2D eigenvalue weighted by Gasteiger charge is -2.14. The van der Waals surface area contributed by atoms with Gasteiger partial charge in [-0.15, -0.1) is 4.73 Å². The van der Waals surface area contributed by atoms with Gasteiger partial charge in [0, 0.05) is 0 Å². The number of ether oxygens (including phenoxy) is 1. The minimum Gasteiger partial charge on any atom is -0.480 e. The SMILES string of the molecule is COc1nc(CC(C)C)c(=O)n(O)c1CC(C)C. The number of nitrogens with zero attached hydrogens (tertiary/aromatic N) is 2. The predicted octanol–water partition coefficient (Wildman–Crippen LogP) is 1.89. The molecule has 0 saturated heterocycles. The van der Waals surface area contributed by atoms with Gasteiger partial charge in [-0.2, -0.15) is 0 Å². The summed E-state index contributed by atoms with van der Waals surface area (Å²) in [5.41, 5.74) is 0.335. The van der Waals surface area contributed by atoms with E-state index in [4.69, 9.17) is 4.74 Å². The summed E-state index contributed by atoms with van der Waals surface area (Å²) in [6, 6.07) is 0. The molecule has 1 aromatic heterocycles. The summed E-state index contributed by atoms with van der Waals surface area (Å²) in [7, 11) is 1.50. The first-order valence-electron chi connectivity index (χ1n) is 6.24. The Labute approximate surface area is 107 Å². The third kappa shape index (κ3) is 3.24. The molecule has 0 radical (unpaired) electrons. The van der Waals surface area contributed by atoms with E-state index < -0.39 is 5.56 Å². The molecule has 5 nitrogen and oxygen atoms in total. The minimum absolute atomic E-state index is 0.297. The van der Waals surface area contributed by atoms with Gasteiger partial charge in [0.2, 0.25) is 5.88 Å². The zero-order valence-electron chi connectivity index (χ0n) is 11.7. The van der Waals surface area contributed by atoms with Crippen LogP contribution >= 0.6 is 0 Å². The van der Waals surface area contributed by atoms with Crippen molar-refractivity contribution < 1.29 is 9.94 Å². The zero-order chi connectivity index (χ0) is 13.9. The van der Waals surface area contributed by atoms with Gasteiger partial charge < -0.3 is 9.94 Å². The van der Waals surface area contributed by atoms with Crippen LogP contribution in [0.3, 0.4) is 0 Å². The summed E-state index contributed by atoms with van der Waals surface area (Å²) in [4.78, 5) is 16.2. The number of aromatic nitrogens is 2. The standard InChI is InChI=1S/C13H22N2O3/c1-8(2)6-10-13(16)15(17)11(7-9(3)4)12(14-10)18-5/h8-9,17H,6-7H2,1-5H3. The van der Waals surface area contributed by atoms with Crippen molar-refractivity contribution in [2.24, 2.45) is 11.8 Å². The molecule has 0 aromatic carbocycles.